The molecular formula is C22H35N5O. The highest BCUT2D eigenvalue weighted by Gasteiger charge is 2.32. The molecule has 1 saturated heterocycles. The van der Waals surface area contributed by atoms with Gasteiger partial charge >= 0.3 is 0 Å². The van der Waals surface area contributed by atoms with Gasteiger partial charge in [-0.05, 0) is 37.8 Å². The Morgan fingerprint density at radius 3 is 2.68 bits per heavy atom. The van der Waals surface area contributed by atoms with Crippen molar-refractivity contribution in [3.05, 3.63) is 30.3 Å². The molecule has 0 bridgehead atoms. The van der Waals surface area contributed by atoms with E-state index in [0.717, 1.165) is 57.8 Å². The molecule has 0 spiro atoms. The summed E-state index contributed by atoms with van der Waals surface area (Å²) in [5.74, 6) is 1.48. The summed E-state index contributed by atoms with van der Waals surface area (Å²) in [6, 6.07) is 10.7. The summed E-state index contributed by atoms with van der Waals surface area (Å²) in [5, 5.41) is 6.90. The molecule has 2 N–H and O–H groups in total. The molecule has 1 heterocycles. The molecule has 0 aromatic heterocycles. The van der Waals surface area contributed by atoms with Crippen molar-refractivity contribution in [2.24, 2.45) is 10.9 Å². The number of guanidine groups is 1. The first-order valence-corrected chi connectivity index (χ1v) is 10.7. The topological polar surface area (TPSA) is 60.0 Å². The Balaban J connectivity index is 1.35. The van der Waals surface area contributed by atoms with Crippen LogP contribution in [0.1, 0.15) is 38.5 Å². The molecular weight excluding hydrogens is 350 g/mol. The Hall–Kier alpha value is -2.24. The third-order valence-electron chi connectivity index (χ3n) is 5.93. The molecule has 6 nitrogen and oxygen atoms in total. The van der Waals surface area contributed by atoms with Gasteiger partial charge in [0.05, 0.1) is 0 Å². The van der Waals surface area contributed by atoms with Crippen molar-refractivity contribution in [2.45, 2.75) is 44.6 Å². The van der Waals surface area contributed by atoms with E-state index in [1.165, 1.54) is 18.5 Å². The smallest absolute Gasteiger partial charge is 0.225 e. The van der Waals surface area contributed by atoms with E-state index in [-0.39, 0.29) is 5.92 Å². The van der Waals surface area contributed by atoms with Gasteiger partial charge in [0.25, 0.3) is 0 Å². The van der Waals surface area contributed by atoms with Crippen molar-refractivity contribution in [1.29, 1.82) is 0 Å². The number of likely N-dealkylation sites (tertiary alicyclic amines) is 1. The molecule has 0 radical (unpaired) electrons. The molecule has 6 heteroatoms. The Morgan fingerprint density at radius 2 is 1.96 bits per heavy atom. The van der Waals surface area contributed by atoms with E-state index in [9.17, 15) is 4.79 Å². The van der Waals surface area contributed by atoms with Crippen LogP contribution in [0.15, 0.2) is 35.3 Å². The minimum Gasteiger partial charge on any atom is -0.375 e. The fraction of sp³-hybridized carbons (Fsp3) is 0.636. The molecule has 1 atom stereocenters. The number of nitrogens with one attached hydrogen (secondary N) is 2. The first-order chi connectivity index (χ1) is 13.7. The summed E-state index contributed by atoms with van der Waals surface area (Å²) in [6.45, 7) is 3.52. The highest BCUT2D eigenvalue weighted by Crippen LogP contribution is 2.27. The number of aliphatic imine (C=N–C) groups is 1. The lowest BCUT2D eigenvalue weighted by molar-refractivity contribution is -0.134. The lowest BCUT2D eigenvalue weighted by atomic mass is 10.1. The van der Waals surface area contributed by atoms with Gasteiger partial charge in [0.1, 0.15) is 0 Å². The number of carbonyl (C=O) groups excluding carboxylic acids is 1. The van der Waals surface area contributed by atoms with Gasteiger partial charge in [0.2, 0.25) is 5.91 Å². The number of rotatable bonds is 7. The predicted molar refractivity (Wildman–Crippen MR) is 116 cm³/mol. The van der Waals surface area contributed by atoms with Gasteiger partial charge in [-0.15, -0.1) is 0 Å². The van der Waals surface area contributed by atoms with Crippen LogP contribution in [0.4, 0.5) is 5.69 Å². The van der Waals surface area contributed by atoms with Crippen molar-refractivity contribution in [2.75, 3.05) is 45.2 Å². The second-order valence-electron chi connectivity index (χ2n) is 8.01. The Bertz CT molecular complexity index is 642. The molecule has 1 unspecified atom stereocenters. The van der Waals surface area contributed by atoms with E-state index in [1.54, 1.807) is 0 Å². The van der Waals surface area contributed by atoms with Crippen molar-refractivity contribution >= 4 is 17.6 Å². The molecule has 1 aromatic rings. The maximum atomic E-state index is 12.6. The molecule has 1 aliphatic heterocycles. The summed E-state index contributed by atoms with van der Waals surface area (Å²) in [5.41, 5.74) is 1.24. The second kappa shape index (κ2) is 10.3. The fourth-order valence-corrected chi connectivity index (χ4v) is 4.23. The Morgan fingerprint density at radius 1 is 1.21 bits per heavy atom. The molecule has 1 aromatic carbocycles. The summed E-state index contributed by atoms with van der Waals surface area (Å²) < 4.78 is 0. The average Bonchev–Trinajstić information content (AvgIpc) is 3.42. The summed E-state index contributed by atoms with van der Waals surface area (Å²) in [6.07, 6.45) is 6.60. The van der Waals surface area contributed by atoms with Crippen LogP contribution in [0, 0.1) is 5.92 Å². The van der Waals surface area contributed by atoms with Crippen molar-refractivity contribution in [3.8, 4) is 0 Å². The molecule has 1 saturated carbocycles. The quantitative estimate of drug-likeness (QED) is 0.430. The standard InChI is InChI=1S/C22H35N5O/c1-23-22(24-14-8-15-26(2)20-11-4-3-5-12-20)25-19-13-16-27(17-19)21(28)18-9-6-7-10-18/h3-5,11-12,18-19H,6-10,13-17H2,1-2H3,(H2,23,24,25). The van der Waals surface area contributed by atoms with Gasteiger partial charge in [0, 0.05) is 57.9 Å². The first-order valence-electron chi connectivity index (χ1n) is 10.7. The van der Waals surface area contributed by atoms with Crippen LogP contribution in [0.2, 0.25) is 0 Å². The molecule has 1 amide bonds. The van der Waals surface area contributed by atoms with Gasteiger partial charge in [-0.25, -0.2) is 0 Å². The zero-order chi connectivity index (χ0) is 19.8. The van der Waals surface area contributed by atoms with Crippen molar-refractivity contribution < 1.29 is 4.79 Å². The van der Waals surface area contributed by atoms with Gasteiger partial charge < -0.3 is 20.4 Å². The molecule has 2 aliphatic rings. The van der Waals surface area contributed by atoms with Crippen LogP contribution in [0.3, 0.4) is 0 Å². The summed E-state index contributed by atoms with van der Waals surface area (Å²) >= 11 is 0. The first kappa shape index (κ1) is 20.5. The van der Waals surface area contributed by atoms with E-state index in [4.69, 9.17) is 0 Å². The van der Waals surface area contributed by atoms with Gasteiger partial charge in [-0.2, -0.15) is 0 Å². The van der Waals surface area contributed by atoms with Crippen LogP contribution < -0.4 is 15.5 Å². The van der Waals surface area contributed by atoms with Crippen LogP contribution >= 0.6 is 0 Å². The highest BCUT2D eigenvalue weighted by molar-refractivity contribution is 5.81. The predicted octanol–water partition coefficient (Wildman–Crippen LogP) is 2.47. The van der Waals surface area contributed by atoms with E-state index < -0.39 is 0 Å². The maximum Gasteiger partial charge on any atom is 0.225 e. The highest BCUT2D eigenvalue weighted by atomic mass is 16.2. The maximum absolute atomic E-state index is 12.6. The normalized spacial score (nSPS) is 20.4. The minimum atomic E-state index is 0.276. The van der Waals surface area contributed by atoms with E-state index in [2.05, 4.69) is 56.7 Å². The monoisotopic (exact) mass is 385 g/mol. The number of benzene rings is 1. The summed E-state index contributed by atoms with van der Waals surface area (Å²) in [7, 11) is 3.93. The number of anilines is 1. The SMILES string of the molecule is CN=C(NCCCN(C)c1ccccc1)NC1CCN(C(=O)C2CCCC2)C1. The van der Waals surface area contributed by atoms with E-state index in [0.29, 0.717) is 11.9 Å². The van der Waals surface area contributed by atoms with E-state index in [1.807, 2.05) is 13.1 Å². The number of hydrogen-bond acceptors (Lipinski definition) is 3. The van der Waals surface area contributed by atoms with Crippen molar-refractivity contribution in [3.63, 3.8) is 0 Å². The molecule has 154 valence electrons. The van der Waals surface area contributed by atoms with Crippen LogP contribution in [0.5, 0.6) is 0 Å². The van der Waals surface area contributed by atoms with Crippen LogP contribution in [-0.2, 0) is 4.79 Å². The van der Waals surface area contributed by atoms with Gasteiger partial charge in [-0.1, -0.05) is 31.0 Å². The zero-order valence-electron chi connectivity index (χ0n) is 17.4. The number of amides is 1. The minimum absolute atomic E-state index is 0.276. The summed E-state index contributed by atoms with van der Waals surface area (Å²) in [4.78, 5) is 21.3. The number of hydrogen-bond donors (Lipinski definition) is 2. The third kappa shape index (κ3) is 5.63. The molecule has 1 aliphatic carbocycles. The second-order valence-corrected chi connectivity index (χ2v) is 8.01. The van der Waals surface area contributed by atoms with E-state index >= 15 is 0 Å². The lowest BCUT2D eigenvalue weighted by Gasteiger charge is -2.22. The average molecular weight is 386 g/mol. The van der Waals surface area contributed by atoms with Gasteiger partial charge in [-0.3, -0.25) is 9.79 Å². The van der Waals surface area contributed by atoms with Crippen LogP contribution in [0.25, 0.3) is 0 Å². The largest absolute Gasteiger partial charge is 0.375 e. The fourth-order valence-electron chi connectivity index (χ4n) is 4.23. The molecule has 28 heavy (non-hydrogen) atoms. The number of nitrogens with zero attached hydrogens (tertiary/aromatic N) is 3. The zero-order valence-corrected chi connectivity index (χ0v) is 17.4. The lowest BCUT2D eigenvalue weighted by Crippen LogP contribution is -2.45. The number of carbonyl (C=O) groups is 1. The number of para-hydroxylation sites is 1. The third-order valence-corrected chi connectivity index (χ3v) is 5.93. The molecule has 3 rings (SSSR count). The Labute approximate surface area is 169 Å². The molecule has 2 fully saturated rings. The van der Waals surface area contributed by atoms with Crippen molar-refractivity contribution in [1.82, 2.24) is 15.5 Å². The van der Waals surface area contributed by atoms with Gasteiger partial charge in [0.15, 0.2) is 5.96 Å². The van der Waals surface area contributed by atoms with Crippen LogP contribution in [-0.4, -0.2) is 63.1 Å². The Kier molecular flexibility index (Phi) is 7.57.